The minimum atomic E-state index is -0.487. The Bertz CT molecular complexity index is 290. The van der Waals surface area contributed by atoms with E-state index in [0.29, 0.717) is 0 Å². The number of aromatic amines is 1. The molecule has 0 bridgehead atoms. The zero-order valence-corrected chi connectivity index (χ0v) is 6.72. The van der Waals surface area contributed by atoms with Gasteiger partial charge in [0.15, 0.2) is 0 Å². The van der Waals surface area contributed by atoms with E-state index in [4.69, 9.17) is 11.6 Å². The Labute approximate surface area is 69.1 Å². The SMILES string of the molecule is Cc1nc[nH]c1/C=C/C(=O)Cl. The highest BCUT2D eigenvalue weighted by Crippen LogP contribution is 2.02. The summed E-state index contributed by atoms with van der Waals surface area (Å²) in [7, 11) is 0. The second kappa shape index (κ2) is 3.34. The third-order valence-corrected chi connectivity index (χ3v) is 1.38. The highest BCUT2D eigenvalue weighted by Gasteiger charge is 1.94. The maximum absolute atomic E-state index is 10.3. The van der Waals surface area contributed by atoms with E-state index in [0.717, 1.165) is 11.4 Å². The second-order valence-corrected chi connectivity index (χ2v) is 2.41. The van der Waals surface area contributed by atoms with Crippen LogP contribution < -0.4 is 0 Å². The van der Waals surface area contributed by atoms with Gasteiger partial charge in [0.25, 0.3) is 0 Å². The molecule has 1 aromatic rings. The first-order valence-corrected chi connectivity index (χ1v) is 3.45. The van der Waals surface area contributed by atoms with E-state index >= 15 is 0 Å². The maximum atomic E-state index is 10.3. The number of nitrogens with zero attached hydrogens (tertiary/aromatic N) is 1. The van der Waals surface area contributed by atoms with E-state index in [1.807, 2.05) is 6.92 Å². The summed E-state index contributed by atoms with van der Waals surface area (Å²) in [5.41, 5.74) is 1.65. The van der Waals surface area contributed by atoms with Crippen LogP contribution in [0.15, 0.2) is 12.4 Å². The predicted octanol–water partition coefficient (Wildman–Crippen LogP) is 1.50. The van der Waals surface area contributed by atoms with Crippen molar-refractivity contribution in [1.82, 2.24) is 9.97 Å². The standard InChI is InChI=1S/C7H7ClN2O/c1-5-6(10-4-9-5)2-3-7(8)11/h2-4H,1H3,(H,9,10)/b3-2+. The number of aromatic nitrogens is 2. The molecule has 1 aromatic heterocycles. The summed E-state index contributed by atoms with van der Waals surface area (Å²) in [5.74, 6) is 0. The molecule has 0 unspecified atom stereocenters. The molecule has 1 heterocycles. The summed E-state index contributed by atoms with van der Waals surface area (Å²) in [6, 6.07) is 0. The van der Waals surface area contributed by atoms with Gasteiger partial charge in [-0.25, -0.2) is 4.98 Å². The number of imidazole rings is 1. The fraction of sp³-hybridized carbons (Fsp3) is 0.143. The first-order chi connectivity index (χ1) is 5.20. The Balaban J connectivity index is 2.79. The predicted molar refractivity (Wildman–Crippen MR) is 43.2 cm³/mol. The number of hydrogen-bond donors (Lipinski definition) is 1. The molecule has 0 aliphatic heterocycles. The van der Waals surface area contributed by atoms with E-state index in [1.54, 1.807) is 12.4 Å². The number of halogens is 1. The molecule has 0 saturated carbocycles. The van der Waals surface area contributed by atoms with Crippen LogP contribution in [0.5, 0.6) is 0 Å². The largest absolute Gasteiger partial charge is 0.345 e. The van der Waals surface area contributed by atoms with E-state index in [9.17, 15) is 4.79 Å². The summed E-state index contributed by atoms with van der Waals surface area (Å²) >= 11 is 5.09. The van der Waals surface area contributed by atoms with Gasteiger partial charge in [0.1, 0.15) is 0 Å². The molecule has 1 N–H and O–H groups in total. The van der Waals surface area contributed by atoms with Gasteiger partial charge < -0.3 is 4.98 Å². The molecular formula is C7H7ClN2O. The third-order valence-electron chi connectivity index (χ3n) is 1.25. The van der Waals surface area contributed by atoms with Crippen LogP contribution >= 0.6 is 11.6 Å². The molecule has 0 spiro atoms. The average molecular weight is 171 g/mol. The molecule has 1 rings (SSSR count). The van der Waals surface area contributed by atoms with Gasteiger partial charge >= 0.3 is 0 Å². The number of carbonyl (C=O) groups excluding carboxylic acids is 1. The molecule has 0 radical (unpaired) electrons. The van der Waals surface area contributed by atoms with Crippen LogP contribution in [0.2, 0.25) is 0 Å². The highest BCUT2D eigenvalue weighted by molar-refractivity contribution is 6.66. The number of allylic oxidation sites excluding steroid dienone is 1. The van der Waals surface area contributed by atoms with Gasteiger partial charge in [-0.15, -0.1) is 0 Å². The highest BCUT2D eigenvalue weighted by atomic mass is 35.5. The maximum Gasteiger partial charge on any atom is 0.245 e. The Morgan fingerprint density at radius 2 is 2.55 bits per heavy atom. The smallest absolute Gasteiger partial charge is 0.245 e. The van der Waals surface area contributed by atoms with Crippen LogP contribution in [0.3, 0.4) is 0 Å². The topological polar surface area (TPSA) is 45.8 Å². The molecular weight excluding hydrogens is 164 g/mol. The molecule has 0 saturated heterocycles. The zero-order chi connectivity index (χ0) is 8.27. The molecule has 0 fully saturated rings. The Kier molecular flexibility index (Phi) is 2.44. The first-order valence-electron chi connectivity index (χ1n) is 3.07. The number of hydrogen-bond acceptors (Lipinski definition) is 2. The lowest BCUT2D eigenvalue weighted by Gasteiger charge is -1.85. The summed E-state index contributed by atoms with van der Waals surface area (Å²) in [6.45, 7) is 1.84. The lowest BCUT2D eigenvalue weighted by Crippen LogP contribution is -1.79. The van der Waals surface area contributed by atoms with Gasteiger partial charge in [-0.05, 0) is 30.7 Å². The molecule has 3 nitrogen and oxygen atoms in total. The number of carbonyl (C=O) groups is 1. The van der Waals surface area contributed by atoms with Gasteiger partial charge in [-0.1, -0.05) is 0 Å². The lowest BCUT2D eigenvalue weighted by molar-refractivity contribution is -0.107. The Hall–Kier alpha value is -1.09. The molecule has 0 aliphatic rings. The van der Waals surface area contributed by atoms with Crippen LogP contribution in [0, 0.1) is 6.92 Å². The van der Waals surface area contributed by atoms with Crippen molar-refractivity contribution in [3.05, 3.63) is 23.8 Å². The van der Waals surface area contributed by atoms with Crippen LogP contribution in [-0.4, -0.2) is 15.2 Å². The zero-order valence-electron chi connectivity index (χ0n) is 5.97. The fourth-order valence-corrected chi connectivity index (χ4v) is 0.753. The molecule has 11 heavy (non-hydrogen) atoms. The van der Waals surface area contributed by atoms with Crippen molar-refractivity contribution in [2.24, 2.45) is 0 Å². The van der Waals surface area contributed by atoms with Crippen molar-refractivity contribution >= 4 is 22.9 Å². The van der Waals surface area contributed by atoms with Crippen LogP contribution in [0.1, 0.15) is 11.4 Å². The van der Waals surface area contributed by atoms with E-state index < -0.39 is 5.24 Å². The summed E-state index contributed by atoms with van der Waals surface area (Å²) < 4.78 is 0. The molecule has 0 aliphatic carbocycles. The van der Waals surface area contributed by atoms with Gasteiger partial charge in [0, 0.05) is 0 Å². The molecule has 0 aromatic carbocycles. The Morgan fingerprint density at radius 3 is 3.00 bits per heavy atom. The fourth-order valence-electron chi connectivity index (χ4n) is 0.690. The molecule has 4 heteroatoms. The summed E-state index contributed by atoms with van der Waals surface area (Å²) in [5, 5.41) is -0.487. The van der Waals surface area contributed by atoms with Crippen molar-refractivity contribution in [2.75, 3.05) is 0 Å². The van der Waals surface area contributed by atoms with Gasteiger partial charge in [-0.3, -0.25) is 4.79 Å². The van der Waals surface area contributed by atoms with E-state index in [-0.39, 0.29) is 0 Å². The quantitative estimate of drug-likeness (QED) is 0.540. The molecule has 58 valence electrons. The van der Waals surface area contributed by atoms with Crippen LogP contribution in [-0.2, 0) is 4.79 Å². The number of nitrogens with one attached hydrogen (secondary N) is 1. The second-order valence-electron chi connectivity index (χ2n) is 2.04. The molecule has 0 atom stereocenters. The summed E-state index contributed by atoms with van der Waals surface area (Å²) in [4.78, 5) is 17.1. The monoisotopic (exact) mass is 170 g/mol. The van der Waals surface area contributed by atoms with Crippen molar-refractivity contribution in [1.29, 1.82) is 0 Å². The number of H-pyrrole nitrogens is 1. The van der Waals surface area contributed by atoms with Gasteiger partial charge in [0.05, 0.1) is 17.7 Å². The first kappa shape index (κ1) is 8.01. The van der Waals surface area contributed by atoms with Crippen molar-refractivity contribution in [3.63, 3.8) is 0 Å². The number of aryl methyl sites for hydroxylation is 1. The third kappa shape index (κ3) is 2.20. The lowest BCUT2D eigenvalue weighted by atomic mass is 10.3. The van der Waals surface area contributed by atoms with E-state index in [1.165, 1.54) is 6.08 Å². The minimum absolute atomic E-state index is 0.487. The molecule has 0 amide bonds. The van der Waals surface area contributed by atoms with Gasteiger partial charge in [-0.2, -0.15) is 0 Å². The van der Waals surface area contributed by atoms with Crippen LogP contribution in [0.25, 0.3) is 6.08 Å². The van der Waals surface area contributed by atoms with Gasteiger partial charge in [0.2, 0.25) is 5.24 Å². The van der Waals surface area contributed by atoms with E-state index in [2.05, 4.69) is 9.97 Å². The average Bonchev–Trinajstić information content (AvgIpc) is 2.31. The normalized spacial score (nSPS) is 10.7. The summed E-state index contributed by atoms with van der Waals surface area (Å²) in [6.07, 6.45) is 4.44. The number of rotatable bonds is 2. The van der Waals surface area contributed by atoms with Crippen molar-refractivity contribution < 1.29 is 4.79 Å². The van der Waals surface area contributed by atoms with Crippen LogP contribution in [0.4, 0.5) is 0 Å². The van der Waals surface area contributed by atoms with Crippen molar-refractivity contribution in [2.45, 2.75) is 6.92 Å². The Morgan fingerprint density at radius 1 is 1.82 bits per heavy atom. The van der Waals surface area contributed by atoms with Crippen molar-refractivity contribution in [3.8, 4) is 0 Å². The minimum Gasteiger partial charge on any atom is -0.345 e.